The van der Waals surface area contributed by atoms with Gasteiger partial charge in [-0.25, -0.2) is 14.8 Å². The van der Waals surface area contributed by atoms with Crippen molar-refractivity contribution in [2.75, 3.05) is 19.6 Å². The summed E-state index contributed by atoms with van der Waals surface area (Å²) in [5.41, 5.74) is 0.424. The molecule has 0 spiro atoms. The van der Waals surface area contributed by atoms with Crippen LogP contribution in [0.2, 0.25) is 5.28 Å². The monoisotopic (exact) mass is 326 g/mol. The van der Waals surface area contributed by atoms with Gasteiger partial charge in [0.15, 0.2) is 0 Å². The molecule has 6 nitrogen and oxygen atoms in total. The number of ether oxygens (including phenoxy) is 1. The van der Waals surface area contributed by atoms with Gasteiger partial charge >= 0.3 is 6.09 Å². The van der Waals surface area contributed by atoms with Crippen LogP contribution in [0.3, 0.4) is 0 Å². The molecule has 1 aromatic rings. The minimum atomic E-state index is -0.463. The molecule has 2 heterocycles. The Bertz CT molecular complexity index is 533. The molecule has 22 heavy (non-hydrogen) atoms. The summed E-state index contributed by atoms with van der Waals surface area (Å²) in [7, 11) is 0. The fourth-order valence-electron chi connectivity index (χ4n) is 2.39. The Morgan fingerprint density at radius 1 is 1.45 bits per heavy atom. The Morgan fingerprint density at radius 2 is 2.18 bits per heavy atom. The van der Waals surface area contributed by atoms with Gasteiger partial charge in [-0.2, -0.15) is 0 Å². The molecule has 0 bridgehead atoms. The van der Waals surface area contributed by atoms with Gasteiger partial charge in [-0.05, 0) is 45.4 Å². The molecule has 1 aromatic heterocycles. The van der Waals surface area contributed by atoms with Crippen LogP contribution in [0.25, 0.3) is 0 Å². The molecule has 2 rings (SSSR count). The summed E-state index contributed by atoms with van der Waals surface area (Å²) in [4.78, 5) is 24.3. The number of amides is 1. The van der Waals surface area contributed by atoms with Gasteiger partial charge in [-0.15, -0.1) is 0 Å². The number of aromatic nitrogens is 2. The number of hydrogen-bond donors (Lipinski definition) is 0. The fraction of sp³-hybridized carbons (Fsp3) is 0.667. The van der Waals surface area contributed by atoms with Crippen LogP contribution in [0.5, 0.6) is 0 Å². The van der Waals surface area contributed by atoms with E-state index in [0.29, 0.717) is 19.6 Å². The van der Waals surface area contributed by atoms with Crippen LogP contribution in [0, 0.1) is 0 Å². The second-order valence-electron chi connectivity index (χ2n) is 6.56. The molecule has 1 aliphatic rings. The molecule has 1 unspecified atom stereocenters. The van der Waals surface area contributed by atoms with Crippen molar-refractivity contribution in [3.05, 3.63) is 23.2 Å². The van der Waals surface area contributed by atoms with Crippen molar-refractivity contribution < 1.29 is 9.53 Å². The molecule has 7 heteroatoms. The van der Waals surface area contributed by atoms with Gasteiger partial charge in [-0.1, -0.05) is 0 Å². The van der Waals surface area contributed by atoms with E-state index >= 15 is 0 Å². The van der Waals surface area contributed by atoms with Crippen molar-refractivity contribution in [3.63, 3.8) is 0 Å². The summed E-state index contributed by atoms with van der Waals surface area (Å²) < 4.78 is 5.43. The van der Waals surface area contributed by atoms with Crippen LogP contribution in [-0.2, 0) is 11.3 Å². The highest BCUT2D eigenvalue weighted by atomic mass is 35.5. The first kappa shape index (κ1) is 17.0. The lowest BCUT2D eigenvalue weighted by molar-refractivity contribution is 0.00445. The Hall–Kier alpha value is -1.40. The number of carbonyl (C=O) groups excluding carboxylic acids is 1. The van der Waals surface area contributed by atoms with E-state index < -0.39 is 5.60 Å². The summed E-state index contributed by atoms with van der Waals surface area (Å²) in [5.74, 6) is 0. The highest BCUT2D eigenvalue weighted by Crippen LogP contribution is 2.16. The van der Waals surface area contributed by atoms with Gasteiger partial charge in [-0.3, -0.25) is 4.90 Å². The molecule has 1 atom stereocenters. The third-order valence-corrected chi connectivity index (χ3v) is 3.65. The first-order valence-corrected chi connectivity index (χ1v) is 7.82. The number of carbonyl (C=O) groups is 1. The van der Waals surface area contributed by atoms with Crippen LogP contribution >= 0.6 is 11.6 Å². The maximum atomic E-state index is 12.1. The van der Waals surface area contributed by atoms with Crippen molar-refractivity contribution in [2.45, 2.75) is 45.9 Å². The lowest BCUT2D eigenvalue weighted by Crippen LogP contribution is -2.54. The molecule has 0 radical (unpaired) electrons. The van der Waals surface area contributed by atoms with Crippen molar-refractivity contribution in [3.8, 4) is 0 Å². The second-order valence-corrected chi connectivity index (χ2v) is 6.90. The third kappa shape index (κ3) is 4.81. The number of halogens is 1. The zero-order chi connectivity index (χ0) is 16.3. The van der Waals surface area contributed by atoms with E-state index in [1.807, 2.05) is 26.8 Å². The first-order chi connectivity index (χ1) is 10.2. The molecule has 1 saturated heterocycles. The second kappa shape index (κ2) is 6.79. The van der Waals surface area contributed by atoms with E-state index in [2.05, 4.69) is 21.8 Å². The Balaban J connectivity index is 1.91. The summed E-state index contributed by atoms with van der Waals surface area (Å²) in [6.45, 7) is 10.5. The fourth-order valence-corrected chi connectivity index (χ4v) is 2.55. The zero-order valence-corrected chi connectivity index (χ0v) is 14.3. The van der Waals surface area contributed by atoms with E-state index in [1.54, 1.807) is 11.1 Å². The molecule has 122 valence electrons. The van der Waals surface area contributed by atoms with E-state index in [0.717, 1.165) is 12.2 Å². The van der Waals surface area contributed by atoms with Gasteiger partial charge in [0.1, 0.15) is 5.60 Å². The highest BCUT2D eigenvalue weighted by Gasteiger charge is 2.29. The Labute approximate surface area is 136 Å². The van der Waals surface area contributed by atoms with Crippen LogP contribution in [-0.4, -0.2) is 57.1 Å². The first-order valence-electron chi connectivity index (χ1n) is 7.44. The smallest absolute Gasteiger partial charge is 0.410 e. The summed E-state index contributed by atoms with van der Waals surface area (Å²) in [6.07, 6.45) is 1.41. The predicted octanol–water partition coefficient (Wildman–Crippen LogP) is 2.57. The highest BCUT2D eigenvalue weighted by molar-refractivity contribution is 6.28. The summed E-state index contributed by atoms with van der Waals surface area (Å²) in [5, 5.41) is 0.262. The van der Waals surface area contributed by atoms with Gasteiger partial charge in [0.2, 0.25) is 5.28 Å². The zero-order valence-electron chi connectivity index (χ0n) is 13.5. The SMILES string of the molecule is CC1CN(C(=O)OC(C)(C)C)CCN1Cc1ccnc(Cl)n1. The van der Waals surface area contributed by atoms with Gasteiger partial charge in [0.05, 0.1) is 5.69 Å². The number of piperazine rings is 1. The number of rotatable bonds is 2. The molecular formula is C15H23ClN4O2. The van der Waals surface area contributed by atoms with Crippen LogP contribution in [0.1, 0.15) is 33.4 Å². The Kier molecular flexibility index (Phi) is 5.24. The summed E-state index contributed by atoms with van der Waals surface area (Å²) >= 11 is 5.81. The van der Waals surface area contributed by atoms with Crippen molar-refractivity contribution in [1.82, 2.24) is 19.8 Å². The van der Waals surface area contributed by atoms with Gasteiger partial charge in [0, 0.05) is 38.4 Å². The van der Waals surface area contributed by atoms with Crippen LogP contribution < -0.4 is 0 Å². The van der Waals surface area contributed by atoms with E-state index in [1.165, 1.54) is 0 Å². The quantitative estimate of drug-likeness (QED) is 0.782. The average molecular weight is 327 g/mol. The molecule has 0 aromatic carbocycles. The molecule has 0 aliphatic carbocycles. The maximum absolute atomic E-state index is 12.1. The van der Waals surface area contributed by atoms with Crippen LogP contribution in [0.15, 0.2) is 12.3 Å². The normalized spacial score (nSPS) is 20.0. The molecule has 1 aliphatic heterocycles. The average Bonchev–Trinajstić information content (AvgIpc) is 2.39. The van der Waals surface area contributed by atoms with E-state index in [-0.39, 0.29) is 17.4 Å². The standard InChI is InChI=1S/C15H23ClN4O2/c1-11-9-20(14(21)22-15(2,3)4)8-7-19(11)10-12-5-6-17-13(16)18-12/h5-6,11H,7-10H2,1-4H3. The third-order valence-electron chi connectivity index (χ3n) is 3.47. The van der Waals surface area contributed by atoms with E-state index in [4.69, 9.17) is 16.3 Å². The largest absolute Gasteiger partial charge is 0.444 e. The molecule has 1 fully saturated rings. The topological polar surface area (TPSA) is 58.6 Å². The summed E-state index contributed by atoms with van der Waals surface area (Å²) in [6, 6.07) is 2.09. The maximum Gasteiger partial charge on any atom is 0.410 e. The number of nitrogens with zero attached hydrogens (tertiary/aromatic N) is 4. The lowest BCUT2D eigenvalue weighted by atomic mass is 10.2. The predicted molar refractivity (Wildman–Crippen MR) is 84.7 cm³/mol. The van der Waals surface area contributed by atoms with Gasteiger partial charge < -0.3 is 9.64 Å². The van der Waals surface area contributed by atoms with Crippen LogP contribution in [0.4, 0.5) is 4.79 Å². The van der Waals surface area contributed by atoms with E-state index in [9.17, 15) is 4.79 Å². The molecular weight excluding hydrogens is 304 g/mol. The van der Waals surface area contributed by atoms with Crippen molar-refractivity contribution in [1.29, 1.82) is 0 Å². The van der Waals surface area contributed by atoms with Crippen molar-refractivity contribution in [2.24, 2.45) is 0 Å². The van der Waals surface area contributed by atoms with Crippen molar-refractivity contribution >= 4 is 17.7 Å². The molecule has 1 amide bonds. The molecule has 0 N–H and O–H groups in total. The molecule has 0 saturated carbocycles. The minimum Gasteiger partial charge on any atom is -0.444 e. The number of hydrogen-bond acceptors (Lipinski definition) is 5. The minimum absolute atomic E-state index is 0.231. The Morgan fingerprint density at radius 3 is 2.77 bits per heavy atom. The lowest BCUT2D eigenvalue weighted by Gasteiger charge is -2.40. The van der Waals surface area contributed by atoms with Gasteiger partial charge in [0.25, 0.3) is 0 Å².